The van der Waals surface area contributed by atoms with E-state index in [0.29, 0.717) is 11.5 Å². The van der Waals surface area contributed by atoms with Crippen LogP contribution < -0.4 is 20.3 Å². The molecule has 7 heteroatoms. The predicted molar refractivity (Wildman–Crippen MR) is 116 cm³/mol. The number of rotatable bonds is 6. The molecule has 0 unspecified atom stereocenters. The summed E-state index contributed by atoms with van der Waals surface area (Å²) in [5, 5.41) is 0. The summed E-state index contributed by atoms with van der Waals surface area (Å²) in [5.74, 6) is 0.371. The van der Waals surface area contributed by atoms with Gasteiger partial charge in [-0.1, -0.05) is 54.9 Å². The molecule has 2 rings (SSSR count). The van der Waals surface area contributed by atoms with Crippen molar-refractivity contribution in [2.75, 3.05) is 13.2 Å². The van der Waals surface area contributed by atoms with E-state index >= 15 is 0 Å². The lowest BCUT2D eigenvalue weighted by Gasteiger charge is -2.23. The third-order valence-corrected chi connectivity index (χ3v) is 4.70. The van der Waals surface area contributed by atoms with Crippen LogP contribution in [0.3, 0.4) is 0 Å². The maximum atomic E-state index is 12.0. The summed E-state index contributed by atoms with van der Waals surface area (Å²) in [6.45, 7) is 9.60. The summed E-state index contributed by atoms with van der Waals surface area (Å²) in [7, 11) is 0. The Balaban J connectivity index is 1.82. The normalized spacial score (nSPS) is 11.0. The molecule has 156 valence electrons. The number of aryl methyl sites for hydroxylation is 2. The topological polar surface area (TPSA) is 76.7 Å². The number of hydrogen-bond donors (Lipinski definition) is 2. The quantitative estimate of drug-likeness (QED) is 0.636. The molecule has 0 radical (unpaired) electrons. The zero-order valence-corrected chi connectivity index (χ0v) is 19.0. The van der Waals surface area contributed by atoms with E-state index in [0.717, 1.165) is 21.2 Å². The minimum atomic E-state index is -0.465. The zero-order valence-electron chi connectivity index (χ0n) is 17.4. The smallest absolute Gasteiger partial charge is 0.276 e. The number of hydrazine groups is 1. The predicted octanol–water partition coefficient (Wildman–Crippen LogP) is 3.97. The molecule has 29 heavy (non-hydrogen) atoms. The molecule has 0 heterocycles. The van der Waals surface area contributed by atoms with Crippen molar-refractivity contribution in [3.63, 3.8) is 0 Å². The SMILES string of the molecule is Cc1cccc(C)c1OCC(=O)NNC(=O)COc1ccc(Br)cc1C(C)(C)C. The van der Waals surface area contributed by atoms with Crippen LogP contribution in [0.25, 0.3) is 0 Å². The molecule has 0 bridgehead atoms. The highest BCUT2D eigenvalue weighted by molar-refractivity contribution is 9.10. The molecule has 0 fully saturated rings. The van der Waals surface area contributed by atoms with Gasteiger partial charge in [0, 0.05) is 10.0 Å². The Bertz CT molecular complexity index is 871. The van der Waals surface area contributed by atoms with Crippen molar-refractivity contribution >= 4 is 27.7 Å². The lowest BCUT2D eigenvalue weighted by molar-refractivity contribution is -0.131. The molecule has 0 aliphatic carbocycles. The van der Waals surface area contributed by atoms with Crippen LogP contribution in [0.4, 0.5) is 0 Å². The van der Waals surface area contributed by atoms with Crippen LogP contribution in [0.15, 0.2) is 40.9 Å². The van der Waals surface area contributed by atoms with Crippen LogP contribution in [-0.2, 0) is 15.0 Å². The summed E-state index contributed by atoms with van der Waals surface area (Å²) in [4.78, 5) is 24.0. The van der Waals surface area contributed by atoms with Crippen LogP contribution in [0.1, 0.15) is 37.5 Å². The van der Waals surface area contributed by atoms with Crippen molar-refractivity contribution in [1.29, 1.82) is 0 Å². The monoisotopic (exact) mass is 462 g/mol. The van der Waals surface area contributed by atoms with E-state index in [9.17, 15) is 9.59 Å². The first-order valence-electron chi connectivity index (χ1n) is 9.27. The number of carbonyl (C=O) groups excluding carboxylic acids is 2. The summed E-state index contributed by atoms with van der Waals surface area (Å²) in [6, 6.07) is 11.4. The van der Waals surface area contributed by atoms with E-state index in [1.807, 2.05) is 50.2 Å². The molecular formula is C22H27BrN2O4. The molecule has 0 aliphatic rings. The molecule has 0 aromatic heterocycles. The fourth-order valence-electron chi connectivity index (χ4n) is 2.73. The highest BCUT2D eigenvalue weighted by Gasteiger charge is 2.20. The molecule has 0 aliphatic heterocycles. The average molecular weight is 463 g/mol. The van der Waals surface area contributed by atoms with Gasteiger partial charge in [-0.25, -0.2) is 0 Å². The Morgan fingerprint density at radius 1 is 0.931 bits per heavy atom. The first-order valence-corrected chi connectivity index (χ1v) is 10.1. The van der Waals surface area contributed by atoms with Gasteiger partial charge in [-0.2, -0.15) is 0 Å². The second kappa shape index (κ2) is 9.78. The molecule has 2 amide bonds. The van der Waals surface area contributed by atoms with Crippen molar-refractivity contribution in [1.82, 2.24) is 10.9 Å². The Labute approximate surface area is 180 Å². The maximum Gasteiger partial charge on any atom is 0.276 e. The summed E-state index contributed by atoms with van der Waals surface area (Å²) >= 11 is 3.46. The molecule has 6 nitrogen and oxygen atoms in total. The molecule has 0 spiro atoms. The van der Waals surface area contributed by atoms with Gasteiger partial charge in [-0.3, -0.25) is 20.4 Å². The zero-order chi connectivity index (χ0) is 21.6. The van der Waals surface area contributed by atoms with Gasteiger partial charge in [-0.15, -0.1) is 0 Å². The Morgan fingerprint density at radius 3 is 2.03 bits per heavy atom. The summed E-state index contributed by atoms with van der Waals surface area (Å²) in [5.41, 5.74) is 7.39. The largest absolute Gasteiger partial charge is 0.483 e. The standard InChI is InChI=1S/C22H27BrN2O4/c1-14-7-6-8-15(2)21(14)29-13-20(27)25-24-19(26)12-28-18-10-9-16(23)11-17(18)22(3,4)5/h6-11H,12-13H2,1-5H3,(H,24,26)(H,25,27). The van der Waals surface area contributed by atoms with Gasteiger partial charge >= 0.3 is 0 Å². The Kier molecular flexibility index (Phi) is 7.67. The number of hydrogen-bond acceptors (Lipinski definition) is 4. The van der Waals surface area contributed by atoms with Gasteiger partial charge in [0.1, 0.15) is 11.5 Å². The number of carbonyl (C=O) groups is 2. The van der Waals surface area contributed by atoms with Gasteiger partial charge in [0.25, 0.3) is 11.8 Å². The van der Waals surface area contributed by atoms with Gasteiger partial charge in [0.05, 0.1) is 0 Å². The van der Waals surface area contributed by atoms with Gasteiger partial charge in [0.2, 0.25) is 0 Å². The van der Waals surface area contributed by atoms with Crippen molar-refractivity contribution in [3.8, 4) is 11.5 Å². The minimum absolute atomic E-state index is 0.144. The third kappa shape index (κ3) is 6.78. The lowest BCUT2D eigenvalue weighted by Crippen LogP contribution is -2.45. The number of amides is 2. The second-order valence-electron chi connectivity index (χ2n) is 7.79. The van der Waals surface area contributed by atoms with Crippen molar-refractivity contribution < 1.29 is 19.1 Å². The van der Waals surface area contributed by atoms with Gasteiger partial charge < -0.3 is 9.47 Å². The molecule has 0 saturated carbocycles. The number of nitrogens with one attached hydrogen (secondary N) is 2. The van der Waals surface area contributed by atoms with Crippen LogP contribution in [0.2, 0.25) is 0 Å². The lowest BCUT2D eigenvalue weighted by atomic mass is 9.86. The third-order valence-electron chi connectivity index (χ3n) is 4.21. The number of halogens is 1. The Hall–Kier alpha value is -2.54. The van der Waals surface area contributed by atoms with E-state index in [1.54, 1.807) is 0 Å². The molecule has 0 saturated heterocycles. The van der Waals surface area contributed by atoms with Gasteiger partial charge in [0.15, 0.2) is 13.2 Å². The van der Waals surface area contributed by atoms with Crippen LogP contribution in [0, 0.1) is 13.8 Å². The number of benzene rings is 2. The highest BCUT2D eigenvalue weighted by Crippen LogP contribution is 2.33. The molecule has 2 N–H and O–H groups in total. The van der Waals surface area contributed by atoms with E-state index in [1.165, 1.54) is 0 Å². The van der Waals surface area contributed by atoms with Crippen molar-refractivity contribution in [2.45, 2.75) is 40.0 Å². The molecular weight excluding hydrogens is 436 g/mol. The van der Waals surface area contributed by atoms with Crippen molar-refractivity contribution in [2.24, 2.45) is 0 Å². The summed E-state index contributed by atoms with van der Waals surface area (Å²) < 4.78 is 12.2. The fraction of sp³-hybridized carbons (Fsp3) is 0.364. The highest BCUT2D eigenvalue weighted by atomic mass is 79.9. The first-order chi connectivity index (χ1) is 13.6. The van der Waals surface area contributed by atoms with Crippen LogP contribution >= 0.6 is 15.9 Å². The van der Waals surface area contributed by atoms with E-state index in [-0.39, 0.29) is 18.6 Å². The summed E-state index contributed by atoms with van der Waals surface area (Å²) in [6.07, 6.45) is 0. The Morgan fingerprint density at radius 2 is 1.48 bits per heavy atom. The van der Waals surface area contributed by atoms with E-state index < -0.39 is 11.8 Å². The molecule has 0 atom stereocenters. The van der Waals surface area contributed by atoms with Crippen LogP contribution in [0.5, 0.6) is 11.5 Å². The number of ether oxygens (including phenoxy) is 2. The fourth-order valence-corrected chi connectivity index (χ4v) is 3.09. The second-order valence-corrected chi connectivity index (χ2v) is 8.70. The minimum Gasteiger partial charge on any atom is -0.483 e. The number of para-hydroxylation sites is 1. The van der Waals surface area contributed by atoms with Crippen molar-refractivity contribution in [3.05, 3.63) is 57.6 Å². The van der Waals surface area contributed by atoms with Gasteiger partial charge in [-0.05, 0) is 48.6 Å². The molecule has 2 aromatic rings. The van der Waals surface area contributed by atoms with Crippen LogP contribution in [-0.4, -0.2) is 25.0 Å². The average Bonchev–Trinajstić information content (AvgIpc) is 2.64. The van der Waals surface area contributed by atoms with E-state index in [2.05, 4.69) is 47.6 Å². The first kappa shape index (κ1) is 22.7. The van der Waals surface area contributed by atoms with E-state index in [4.69, 9.17) is 9.47 Å². The molecule has 2 aromatic carbocycles. The maximum absolute atomic E-state index is 12.0.